The normalized spacial score (nSPS) is 11.6. The minimum Gasteiger partial charge on any atom is -0.326 e. The molecule has 0 aliphatic carbocycles. The topological polar surface area (TPSA) is 70.7 Å². The highest BCUT2D eigenvalue weighted by Gasteiger charge is 2.13. The second kappa shape index (κ2) is 6.43. The first-order chi connectivity index (χ1) is 11.4. The molecule has 0 aliphatic rings. The molecule has 0 radical (unpaired) electrons. The zero-order valence-electron chi connectivity index (χ0n) is 14.3. The number of nitrogens with one attached hydrogen (secondary N) is 2. The third-order valence-corrected chi connectivity index (χ3v) is 4.06. The average Bonchev–Trinajstić information content (AvgIpc) is 3.00. The predicted molar refractivity (Wildman–Crippen MR) is 96.0 cm³/mol. The Bertz CT molecular complexity index is 844. The minimum absolute atomic E-state index is 0.00209. The van der Waals surface area contributed by atoms with Crippen LogP contribution in [0.4, 0.5) is 5.69 Å². The Balaban J connectivity index is 1.57. The summed E-state index contributed by atoms with van der Waals surface area (Å²) in [6.45, 7) is 6.59. The zero-order valence-corrected chi connectivity index (χ0v) is 14.3. The van der Waals surface area contributed by atoms with Gasteiger partial charge >= 0.3 is 0 Å². The molecule has 3 aromatic rings. The molecule has 1 heterocycles. The van der Waals surface area contributed by atoms with Gasteiger partial charge in [-0.3, -0.25) is 4.79 Å². The van der Waals surface area contributed by atoms with Crippen molar-refractivity contribution >= 4 is 22.6 Å². The van der Waals surface area contributed by atoms with Crippen LogP contribution in [0, 0.1) is 0 Å². The summed E-state index contributed by atoms with van der Waals surface area (Å²) >= 11 is 0. The minimum atomic E-state index is -0.00209. The molecule has 2 N–H and O–H groups in total. The van der Waals surface area contributed by atoms with Crippen molar-refractivity contribution in [3.63, 3.8) is 0 Å². The summed E-state index contributed by atoms with van der Waals surface area (Å²) in [4.78, 5) is 12.1. The molecular weight excluding hydrogens is 300 g/mol. The molecule has 0 atom stereocenters. The van der Waals surface area contributed by atoms with Gasteiger partial charge in [0.15, 0.2) is 0 Å². The second-order valence-corrected chi connectivity index (χ2v) is 7.02. The Kier molecular flexibility index (Phi) is 4.34. The molecule has 124 valence electrons. The maximum atomic E-state index is 12.1. The Labute approximate surface area is 141 Å². The first-order valence-electron chi connectivity index (χ1n) is 8.12. The third-order valence-electron chi connectivity index (χ3n) is 4.06. The molecule has 5 nitrogen and oxygen atoms in total. The molecule has 0 saturated heterocycles. The molecule has 0 aliphatic heterocycles. The van der Waals surface area contributed by atoms with E-state index < -0.39 is 0 Å². The monoisotopic (exact) mass is 322 g/mol. The summed E-state index contributed by atoms with van der Waals surface area (Å²) in [6.07, 6.45) is 1.17. The largest absolute Gasteiger partial charge is 0.326 e. The summed E-state index contributed by atoms with van der Waals surface area (Å²) < 4.78 is 0. The molecule has 0 spiro atoms. The molecular formula is C19H22N4O. The number of aromatic nitrogens is 3. The van der Waals surface area contributed by atoms with Crippen LogP contribution in [0.15, 0.2) is 42.5 Å². The lowest BCUT2D eigenvalue weighted by molar-refractivity contribution is -0.116. The molecule has 2 aromatic carbocycles. The van der Waals surface area contributed by atoms with Crippen LogP contribution in [0.25, 0.3) is 11.0 Å². The predicted octanol–water partition coefficient (Wildman–Crippen LogP) is 3.83. The highest BCUT2D eigenvalue weighted by Crippen LogP contribution is 2.22. The number of H-pyrrole nitrogens is 1. The van der Waals surface area contributed by atoms with Crippen molar-refractivity contribution in [2.45, 2.75) is 39.0 Å². The van der Waals surface area contributed by atoms with Crippen molar-refractivity contribution in [3.05, 3.63) is 53.6 Å². The maximum Gasteiger partial charge on any atom is 0.224 e. The van der Waals surface area contributed by atoms with E-state index in [0.29, 0.717) is 6.42 Å². The highest BCUT2D eigenvalue weighted by atomic mass is 16.1. The summed E-state index contributed by atoms with van der Waals surface area (Å²) in [7, 11) is 0. The Morgan fingerprint density at radius 2 is 1.75 bits per heavy atom. The Morgan fingerprint density at radius 1 is 1.04 bits per heavy atom. The van der Waals surface area contributed by atoms with Crippen LogP contribution in [-0.4, -0.2) is 21.3 Å². The van der Waals surface area contributed by atoms with Crippen LogP contribution in [0.2, 0.25) is 0 Å². The van der Waals surface area contributed by atoms with Crippen LogP contribution in [0.5, 0.6) is 0 Å². The van der Waals surface area contributed by atoms with E-state index in [0.717, 1.165) is 23.1 Å². The molecule has 24 heavy (non-hydrogen) atoms. The van der Waals surface area contributed by atoms with E-state index in [-0.39, 0.29) is 11.3 Å². The maximum absolute atomic E-state index is 12.1. The first-order valence-corrected chi connectivity index (χ1v) is 8.12. The molecule has 3 rings (SSSR count). The number of aryl methyl sites for hydroxylation is 1. The van der Waals surface area contributed by atoms with Crippen molar-refractivity contribution < 1.29 is 4.79 Å². The van der Waals surface area contributed by atoms with E-state index in [2.05, 4.69) is 65.8 Å². The van der Waals surface area contributed by atoms with Gasteiger partial charge in [-0.15, -0.1) is 0 Å². The second-order valence-electron chi connectivity index (χ2n) is 7.02. The van der Waals surface area contributed by atoms with Gasteiger partial charge in [0.2, 0.25) is 5.91 Å². The van der Waals surface area contributed by atoms with Gasteiger partial charge in [-0.25, -0.2) is 0 Å². The fourth-order valence-corrected chi connectivity index (χ4v) is 2.57. The number of benzene rings is 2. The lowest BCUT2D eigenvalue weighted by atomic mass is 9.86. The molecule has 0 fully saturated rings. The number of carbonyl (C=O) groups excluding carboxylic acids is 1. The van der Waals surface area contributed by atoms with E-state index >= 15 is 0 Å². The molecule has 0 saturated carbocycles. The van der Waals surface area contributed by atoms with Crippen molar-refractivity contribution in [1.29, 1.82) is 0 Å². The van der Waals surface area contributed by atoms with Gasteiger partial charge in [0.25, 0.3) is 0 Å². The summed E-state index contributed by atoms with van der Waals surface area (Å²) in [5.74, 6) is -0.00209. The molecule has 0 unspecified atom stereocenters. The quantitative estimate of drug-likeness (QED) is 0.767. The Morgan fingerprint density at radius 3 is 2.46 bits per heavy atom. The number of carbonyl (C=O) groups is 1. The number of hydrogen-bond donors (Lipinski definition) is 2. The number of fused-ring (bicyclic) bond motifs is 1. The van der Waals surface area contributed by atoms with Crippen molar-refractivity contribution in [3.8, 4) is 0 Å². The van der Waals surface area contributed by atoms with Crippen LogP contribution >= 0.6 is 0 Å². The number of nitrogens with zero attached hydrogens (tertiary/aromatic N) is 2. The van der Waals surface area contributed by atoms with Crippen molar-refractivity contribution in [1.82, 2.24) is 15.4 Å². The first kappa shape index (κ1) is 16.2. The van der Waals surface area contributed by atoms with Gasteiger partial charge in [0.1, 0.15) is 11.0 Å². The molecule has 1 amide bonds. The summed E-state index contributed by atoms with van der Waals surface area (Å²) in [6, 6.07) is 14.0. The molecule has 5 heteroatoms. The van der Waals surface area contributed by atoms with E-state index in [9.17, 15) is 4.79 Å². The van der Waals surface area contributed by atoms with Crippen molar-refractivity contribution in [2.75, 3.05) is 5.32 Å². The fraction of sp³-hybridized carbons (Fsp3) is 0.316. The van der Waals surface area contributed by atoms with E-state index in [1.165, 1.54) is 11.1 Å². The van der Waals surface area contributed by atoms with E-state index in [1.54, 1.807) is 0 Å². The van der Waals surface area contributed by atoms with Gasteiger partial charge in [-0.2, -0.15) is 15.4 Å². The zero-order chi connectivity index (χ0) is 17.2. The Hall–Kier alpha value is -2.69. The van der Waals surface area contributed by atoms with Gasteiger partial charge in [-0.1, -0.05) is 45.0 Å². The summed E-state index contributed by atoms with van der Waals surface area (Å²) in [5.41, 5.74) is 4.89. The van der Waals surface area contributed by atoms with E-state index in [1.807, 2.05) is 18.2 Å². The van der Waals surface area contributed by atoms with Gasteiger partial charge in [0.05, 0.1) is 0 Å². The molecule has 1 aromatic heterocycles. The average molecular weight is 322 g/mol. The van der Waals surface area contributed by atoms with Gasteiger partial charge in [0, 0.05) is 12.1 Å². The van der Waals surface area contributed by atoms with Gasteiger partial charge in [-0.05, 0) is 41.2 Å². The number of aromatic amines is 1. The third kappa shape index (κ3) is 3.79. The SMILES string of the molecule is CC(C)(C)c1ccc(CCC(=O)Nc2ccc3n[nH]nc3c2)cc1. The summed E-state index contributed by atoms with van der Waals surface area (Å²) in [5, 5.41) is 13.5. The fourth-order valence-electron chi connectivity index (χ4n) is 2.57. The number of rotatable bonds is 4. The standard InChI is InChI=1S/C19H22N4O/c1-19(2,3)14-7-4-13(5-8-14)6-11-18(24)20-15-9-10-16-17(12-15)22-23-21-16/h4-5,7-10,12H,6,11H2,1-3H3,(H,20,24)(H,21,22,23). The van der Waals surface area contributed by atoms with Crippen LogP contribution in [0.3, 0.4) is 0 Å². The van der Waals surface area contributed by atoms with Crippen molar-refractivity contribution in [2.24, 2.45) is 0 Å². The van der Waals surface area contributed by atoms with Crippen LogP contribution in [-0.2, 0) is 16.6 Å². The lowest BCUT2D eigenvalue weighted by Gasteiger charge is -2.19. The smallest absolute Gasteiger partial charge is 0.224 e. The number of hydrogen-bond acceptors (Lipinski definition) is 3. The molecule has 0 bridgehead atoms. The number of anilines is 1. The highest BCUT2D eigenvalue weighted by molar-refractivity contribution is 5.92. The van der Waals surface area contributed by atoms with Crippen LogP contribution < -0.4 is 5.32 Å². The van der Waals surface area contributed by atoms with Gasteiger partial charge < -0.3 is 5.32 Å². The number of amides is 1. The van der Waals surface area contributed by atoms with E-state index in [4.69, 9.17) is 0 Å². The lowest BCUT2D eigenvalue weighted by Crippen LogP contribution is -2.13. The van der Waals surface area contributed by atoms with Crippen LogP contribution in [0.1, 0.15) is 38.3 Å².